The number of carbonyl (C=O) groups is 1. The van der Waals surface area contributed by atoms with E-state index < -0.39 is 34.9 Å². The summed E-state index contributed by atoms with van der Waals surface area (Å²) in [5, 5.41) is 2.08. The monoisotopic (exact) mass is 397 g/mol. The first-order valence-corrected chi connectivity index (χ1v) is 9.59. The van der Waals surface area contributed by atoms with E-state index in [1.54, 1.807) is 38.1 Å². The highest BCUT2D eigenvalue weighted by Gasteiger charge is 2.28. The number of para-hydroxylation sites is 1. The van der Waals surface area contributed by atoms with Gasteiger partial charge in [-0.05, 0) is 43.2 Å². The van der Waals surface area contributed by atoms with Crippen molar-refractivity contribution in [3.63, 3.8) is 0 Å². The summed E-state index contributed by atoms with van der Waals surface area (Å²) in [6.45, 7) is 1.51. The van der Waals surface area contributed by atoms with Crippen molar-refractivity contribution in [2.45, 2.75) is 24.7 Å². The number of nitrogens with one attached hydrogen (secondary N) is 2. The quantitative estimate of drug-likeness (QED) is 0.668. The van der Waals surface area contributed by atoms with Crippen LogP contribution in [-0.2, 0) is 10.0 Å². The SMILES string of the molecule is Cc1ccccc1NS(=O)(=O)c1ccc(C)c(C(=O)NCC(F)(F)CN)c1. The van der Waals surface area contributed by atoms with E-state index in [9.17, 15) is 22.0 Å². The van der Waals surface area contributed by atoms with Crippen LogP contribution in [0.1, 0.15) is 21.5 Å². The number of rotatable bonds is 7. The largest absolute Gasteiger partial charge is 0.346 e. The number of carbonyl (C=O) groups excluding carboxylic acids is 1. The smallest absolute Gasteiger partial charge is 0.277 e. The molecule has 9 heteroatoms. The molecule has 2 aromatic rings. The number of hydrogen-bond acceptors (Lipinski definition) is 4. The third-order valence-corrected chi connectivity index (χ3v) is 5.32. The zero-order chi connectivity index (χ0) is 20.2. The minimum atomic E-state index is -3.95. The van der Waals surface area contributed by atoms with Gasteiger partial charge in [-0.3, -0.25) is 9.52 Å². The molecule has 0 saturated heterocycles. The van der Waals surface area contributed by atoms with E-state index in [-0.39, 0.29) is 10.5 Å². The Kier molecular flexibility index (Phi) is 6.17. The van der Waals surface area contributed by atoms with Gasteiger partial charge in [0.2, 0.25) is 0 Å². The van der Waals surface area contributed by atoms with Crippen molar-refractivity contribution < 1.29 is 22.0 Å². The summed E-state index contributed by atoms with van der Waals surface area (Å²) in [6.07, 6.45) is 0. The van der Waals surface area contributed by atoms with Gasteiger partial charge in [0.25, 0.3) is 21.9 Å². The van der Waals surface area contributed by atoms with Crippen LogP contribution in [0, 0.1) is 13.8 Å². The Morgan fingerprint density at radius 2 is 1.78 bits per heavy atom. The fourth-order valence-corrected chi connectivity index (χ4v) is 3.44. The van der Waals surface area contributed by atoms with Crippen LogP contribution >= 0.6 is 0 Å². The number of sulfonamides is 1. The molecule has 0 aliphatic heterocycles. The number of amides is 1. The fraction of sp³-hybridized carbons (Fsp3) is 0.278. The molecule has 0 bridgehead atoms. The zero-order valence-electron chi connectivity index (χ0n) is 14.9. The molecule has 2 aromatic carbocycles. The molecule has 4 N–H and O–H groups in total. The Morgan fingerprint density at radius 3 is 2.41 bits per heavy atom. The second kappa shape index (κ2) is 8.01. The predicted octanol–water partition coefficient (Wildman–Crippen LogP) is 2.43. The van der Waals surface area contributed by atoms with Gasteiger partial charge in [-0.1, -0.05) is 24.3 Å². The van der Waals surface area contributed by atoms with Crippen LogP contribution in [0.5, 0.6) is 0 Å². The van der Waals surface area contributed by atoms with E-state index in [2.05, 4.69) is 10.0 Å². The predicted molar refractivity (Wildman–Crippen MR) is 99.5 cm³/mol. The molecule has 146 valence electrons. The van der Waals surface area contributed by atoms with Gasteiger partial charge in [-0.25, -0.2) is 17.2 Å². The highest BCUT2D eigenvalue weighted by atomic mass is 32.2. The van der Waals surface area contributed by atoms with Crippen LogP contribution in [0.25, 0.3) is 0 Å². The molecule has 0 spiro atoms. The van der Waals surface area contributed by atoms with Crippen molar-refractivity contribution in [2.75, 3.05) is 17.8 Å². The molecule has 0 aliphatic rings. The number of nitrogens with two attached hydrogens (primary N) is 1. The number of hydrogen-bond donors (Lipinski definition) is 3. The first-order chi connectivity index (χ1) is 12.6. The van der Waals surface area contributed by atoms with Crippen molar-refractivity contribution >= 4 is 21.6 Å². The third kappa shape index (κ3) is 5.24. The molecule has 0 aromatic heterocycles. The van der Waals surface area contributed by atoms with E-state index >= 15 is 0 Å². The summed E-state index contributed by atoms with van der Waals surface area (Å²) in [7, 11) is -3.95. The average Bonchev–Trinajstić information content (AvgIpc) is 2.62. The number of aryl methyl sites for hydroxylation is 2. The Hall–Kier alpha value is -2.52. The van der Waals surface area contributed by atoms with Crippen LogP contribution < -0.4 is 15.8 Å². The van der Waals surface area contributed by atoms with E-state index in [0.29, 0.717) is 11.3 Å². The zero-order valence-corrected chi connectivity index (χ0v) is 15.7. The Bertz CT molecular complexity index is 947. The number of alkyl halides is 2. The van der Waals surface area contributed by atoms with E-state index in [1.807, 2.05) is 0 Å². The molecule has 0 heterocycles. The summed E-state index contributed by atoms with van der Waals surface area (Å²) in [5.74, 6) is -4.03. The molecule has 0 atom stereocenters. The molecule has 0 fully saturated rings. The third-order valence-electron chi connectivity index (χ3n) is 3.96. The Labute approximate surface area is 156 Å². The van der Waals surface area contributed by atoms with E-state index in [1.165, 1.54) is 12.1 Å². The summed E-state index contributed by atoms with van der Waals surface area (Å²) in [6, 6.07) is 10.8. The van der Waals surface area contributed by atoms with E-state index in [4.69, 9.17) is 5.73 Å². The maximum atomic E-state index is 13.2. The fourth-order valence-electron chi connectivity index (χ4n) is 2.28. The average molecular weight is 397 g/mol. The second-order valence-electron chi connectivity index (χ2n) is 6.14. The van der Waals surface area contributed by atoms with Crippen LogP contribution in [0.3, 0.4) is 0 Å². The molecule has 6 nitrogen and oxygen atoms in total. The number of benzene rings is 2. The van der Waals surface area contributed by atoms with Crippen LogP contribution in [0.4, 0.5) is 14.5 Å². The highest BCUT2D eigenvalue weighted by molar-refractivity contribution is 7.92. The molecule has 0 radical (unpaired) electrons. The molecule has 0 saturated carbocycles. The van der Waals surface area contributed by atoms with Gasteiger partial charge in [0.05, 0.1) is 23.7 Å². The van der Waals surface area contributed by atoms with Gasteiger partial charge in [0.1, 0.15) is 0 Å². The van der Waals surface area contributed by atoms with Crippen molar-refractivity contribution in [2.24, 2.45) is 5.73 Å². The first kappa shape index (κ1) is 20.8. The lowest BCUT2D eigenvalue weighted by atomic mass is 10.1. The standard InChI is InChI=1S/C18H21F2N3O3S/c1-12-7-8-14(9-15(12)17(24)22-11-18(19,20)10-21)27(25,26)23-16-6-4-3-5-13(16)2/h3-9,23H,10-11,21H2,1-2H3,(H,22,24). The lowest BCUT2D eigenvalue weighted by Crippen LogP contribution is -2.41. The van der Waals surface area contributed by atoms with Crippen LogP contribution in [-0.4, -0.2) is 33.3 Å². The lowest BCUT2D eigenvalue weighted by Gasteiger charge is -2.16. The van der Waals surface area contributed by atoms with Gasteiger partial charge in [0, 0.05) is 5.56 Å². The summed E-state index contributed by atoms with van der Waals surface area (Å²) < 4.78 is 54.2. The first-order valence-electron chi connectivity index (χ1n) is 8.11. The second-order valence-corrected chi connectivity index (χ2v) is 7.82. The highest BCUT2D eigenvalue weighted by Crippen LogP contribution is 2.21. The van der Waals surface area contributed by atoms with Crippen molar-refractivity contribution in [3.05, 3.63) is 59.2 Å². The molecule has 0 unspecified atom stereocenters. The summed E-state index contributed by atoms with van der Waals surface area (Å²) >= 11 is 0. The van der Waals surface area contributed by atoms with Gasteiger partial charge < -0.3 is 11.1 Å². The van der Waals surface area contributed by atoms with Gasteiger partial charge in [-0.15, -0.1) is 0 Å². The van der Waals surface area contributed by atoms with Crippen molar-refractivity contribution in [1.82, 2.24) is 5.32 Å². The van der Waals surface area contributed by atoms with Crippen molar-refractivity contribution in [1.29, 1.82) is 0 Å². The molecule has 2 rings (SSSR count). The maximum absolute atomic E-state index is 13.2. The molecule has 1 amide bonds. The minimum absolute atomic E-state index is 0.00419. The number of anilines is 1. The van der Waals surface area contributed by atoms with E-state index in [0.717, 1.165) is 11.6 Å². The van der Waals surface area contributed by atoms with Gasteiger partial charge >= 0.3 is 0 Å². The molecule has 0 aliphatic carbocycles. The van der Waals surface area contributed by atoms with Gasteiger partial charge in [0.15, 0.2) is 0 Å². The topological polar surface area (TPSA) is 101 Å². The van der Waals surface area contributed by atoms with Crippen LogP contribution in [0.2, 0.25) is 0 Å². The molecular formula is C18H21F2N3O3S. The Balaban J connectivity index is 2.28. The molecular weight excluding hydrogens is 376 g/mol. The summed E-state index contributed by atoms with van der Waals surface area (Å²) in [5.41, 5.74) is 6.53. The van der Waals surface area contributed by atoms with Crippen molar-refractivity contribution in [3.8, 4) is 0 Å². The number of halogens is 2. The van der Waals surface area contributed by atoms with Crippen LogP contribution in [0.15, 0.2) is 47.4 Å². The molecule has 27 heavy (non-hydrogen) atoms. The van der Waals surface area contributed by atoms with Gasteiger partial charge in [-0.2, -0.15) is 0 Å². The minimum Gasteiger partial charge on any atom is -0.346 e. The Morgan fingerprint density at radius 1 is 1.11 bits per heavy atom. The summed E-state index contributed by atoms with van der Waals surface area (Å²) in [4.78, 5) is 12.1. The lowest BCUT2D eigenvalue weighted by molar-refractivity contribution is 0.0118. The normalized spacial score (nSPS) is 11.9. The maximum Gasteiger partial charge on any atom is 0.277 e.